The van der Waals surface area contributed by atoms with E-state index in [1.165, 1.54) is 19.2 Å². The van der Waals surface area contributed by atoms with Crippen LogP contribution < -0.4 is 14.8 Å². The molecular formula is C23H24ClF3N2O4. The van der Waals surface area contributed by atoms with Crippen LogP contribution in [-0.4, -0.2) is 42.2 Å². The molecule has 0 saturated carbocycles. The van der Waals surface area contributed by atoms with Gasteiger partial charge < -0.3 is 24.5 Å². The summed E-state index contributed by atoms with van der Waals surface area (Å²) in [6.07, 6.45) is -4.84. The van der Waals surface area contributed by atoms with E-state index in [0.717, 1.165) is 6.07 Å². The third-order valence-corrected chi connectivity index (χ3v) is 5.30. The monoisotopic (exact) mass is 484 g/mol. The number of carbonyl (C=O) groups excluding carboxylic acids is 1. The fraction of sp³-hybridized carbons (Fsp3) is 0.348. The van der Waals surface area contributed by atoms with Gasteiger partial charge in [-0.25, -0.2) is 0 Å². The molecule has 0 bridgehead atoms. The van der Waals surface area contributed by atoms with Gasteiger partial charge in [-0.15, -0.1) is 13.2 Å². The van der Waals surface area contributed by atoms with Gasteiger partial charge in [0.1, 0.15) is 17.2 Å². The smallest absolute Gasteiger partial charge is 0.496 e. The van der Waals surface area contributed by atoms with Crippen molar-refractivity contribution < 1.29 is 32.5 Å². The molecule has 33 heavy (non-hydrogen) atoms. The molecule has 1 aromatic heterocycles. The predicted molar refractivity (Wildman–Crippen MR) is 119 cm³/mol. The van der Waals surface area contributed by atoms with Crippen LogP contribution in [0.3, 0.4) is 0 Å². The summed E-state index contributed by atoms with van der Waals surface area (Å²) < 4.78 is 49.2. The third-order valence-electron chi connectivity index (χ3n) is 5.07. The fourth-order valence-electron chi connectivity index (χ4n) is 3.31. The largest absolute Gasteiger partial charge is 0.573 e. The van der Waals surface area contributed by atoms with Crippen LogP contribution in [0, 0.1) is 5.41 Å². The molecule has 1 heterocycles. The van der Waals surface area contributed by atoms with Crippen molar-refractivity contribution in [2.45, 2.75) is 26.8 Å². The highest BCUT2D eigenvalue weighted by atomic mass is 35.5. The van der Waals surface area contributed by atoms with Crippen LogP contribution >= 0.6 is 11.6 Å². The second-order valence-corrected chi connectivity index (χ2v) is 8.78. The number of halogens is 4. The van der Waals surface area contributed by atoms with Crippen molar-refractivity contribution in [2.75, 3.05) is 20.3 Å². The molecule has 0 atom stereocenters. The first kappa shape index (κ1) is 24.7. The van der Waals surface area contributed by atoms with Gasteiger partial charge >= 0.3 is 6.36 Å². The number of nitrogens with one attached hydrogen (secondary N) is 1. The first-order chi connectivity index (χ1) is 15.4. The Labute approximate surface area is 193 Å². The first-order valence-corrected chi connectivity index (χ1v) is 10.4. The van der Waals surface area contributed by atoms with Crippen molar-refractivity contribution in [2.24, 2.45) is 5.41 Å². The summed E-state index contributed by atoms with van der Waals surface area (Å²) in [4.78, 5) is 13.0. The molecule has 0 aliphatic carbocycles. The number of hydrogen-bond acceptors (Lipinski definition) is 4. The standard InChI is InChI=1S/C23H24ClF3N2O4/c1-22(2,13-30)12-28-21(31)19-10-14-8-16(24)4-6-18(14)29(19)11-15-9-17(33-23(25,26)27)5-7-20(15)32-3/h4-10,30H,11-13H2,1-3H3,(H,28,31). The number of ether oxygens (including phenoxy) is 2. The highest BCUT2D eigenvalue weighted by Gasteiger charge is 2.31. The zero-order valence-corrected chi connectivity index (χ0v) is 19.0. The molecule has 0 fully saturated rings. The normalized spacial score (nSPS) is 12.1. The fourth-order valence-corrected chi connectivity index (χ4v) is 3.49. The average molecular weight is 485 g/mol. The Hall–Kier alpha value is -2.91. The Morgan fingerprint density at radius 3 is 2.52 bits per heavy atom. The number of aliphatic hydroxyl groups is 1. The van der Waals surface area contributed by atoms with E-state index in [0.29, 0.717) is 27.2 Å². The number of aromatic nitrogens is 1. The van der Waals surface area contributed by atoms with Crippen molar-refractivity contribution in [3.05, 3.63) is 58.7 Å². The molecule has 0 radical (unpaired) electrons. The van der Waals surface area contributed by atoms with E-state index in [1.807, 2.05) is 0 Å². The number of carbonyl (C=O) groups is 1. The zero-order chi connectivity index (χ0) is 24.4. The molecule has 6 nitrogen and oxygen atoms in total. The van der Waals surface area contributed by atoms with Crippen LogP contribution in [0.15, 0.2) is 42.5 Å². The number of benzene rings is 2. The van der Waals surface area contributed by atoms with Crippen LogP contribution in [0.25, 0.3) is 10.9 Å². The van der Waals surface area contributed by atoms with Gasteiger partial charge in [0.05, 0.1) is 13.7 Å². The van der Waals surface area contributed by atoms with Crippen molar-refractivity contribution in [1.29, 1.82) is 0 Å². The first-order valence-electron chi connectivity index (χ1n) is 10.0. The maximum Gasteiger partial charge on any atom is 0.573 e. The minimum absolute atomic E-state index is 0.0372. The Kier molecular flexibility index (Phi) is 7.14. The number of rotatable bonds is 8. The Morgan fingerprint density at radius 1 is 1.15 bits per heavy atom. The second kappa shape index (κ2) is 9.52. The molecule has 0 aliphatic rings. The summed E-state index contributed by atoms with van der Waals surface area (Å²) in [7, 11) is 1.40. The van der Waals surface area contributed by atoms with E-state index >= 15 is 0 Å². The summed E-state index contributed by atoms with van der Waals surface area (Å²) in [5.41, 5.74) is 0.805. The minimum Gasteiger partial charge on any atom is -0.496 e. The maximum atomic E-state index is 13.0. The molecule has 0 unspecified atom stereocenters. The van der Waals surface area contributed by atoms with E-state index in [4.69, 9.17) is 16.3 Å². The third kappa shape index (κ3) is 6.11. The van der Waals surface area contributed by atoms with E-state index in [9.17, 15) is 23.1 Å². The Balaban J connectivity index is 2.04. The van der Waals surface area contributed by atoms with Crippen molar-refractivity contribution in [1.82, 2.24) is 9.88 Å². The quantitative estimate of drug-likeness (QED) is 0.472. The van der Waals surface area contributed by atoms with Crippen LogP contribution in [0.4, 0.5) is 13.2 Å². The van der Waals surface area contributed by atoms with Gasteiger partial charge in [0.15, 0.2) is 0 Å². The van der Waals surface area contributed by atoms with Crippen molar-refractivity contribution in [3.63, 3.8) is 0 Å². The molecule has 0 saturated heterocycles. The highest BCUT2D eigenvalue weighted by molar-refractivity contribution is 6.31. The molecule has 0 aliphatic heterocycles. The molecule has 178 valence electrons. The molecule has 3 rings (SSSR count). The number of amides is 1. The van der Waals surface area contributed by atoms with Crippen molar-refractivity contribution >= 4 is 28.4 Å². The number of methoxy groups -OCH3 is 1. The van der Waals surface area contributed by atoms with Gasteiger partial charge in [0, 0.05) is 40.1 Å². The summed E-state index contributed by atoms with van der Waals surface area (Å²) in [5.74, 6) is -0.452. The lowest BCUT2D eigenvalue weighted by Crippen LogP contribution is -2.36. The molecule has 1 amide bonds. The van der Waals surface area contributed by atoms with Gasteiger partial charge in [0.2, 0.25) is 0 Å². The van der Waals surface area contributed by atoms with Crippen molar-refractivity contribution in [3.8, 4) is 11.5 Å². The van der Waals surface area contributed by atoms with E-state index in [-0.39, 0.29) is 25.4 Å². The number of hydrogen-bond donors (Lipinski definition) is 2. The van der Waals surface area contributed by atoms with Crippen LogP contribution in [-0.2, 0) is 6.54 Å². The SMILES string of the molecule is COc1ccc(OC(F)(F)F)cc1Cn1c(C(=O)NCC(C)(C)CO)cc2cc(Cl)ccc21. The van der Waals surface area contributed by atoms with Crippen LogP contribution in [0.5, 0.6) is 11.5 Å². The zero-order valence-electron chi connectivity index (χ0n) is 18.3. The molecule has 2 N–H and O–H groups in total. The second-order valence-electron chi connectivity index (χ2n) is 8.35. The molecular weight excluding hydrogens is 461 g/mol. The predicted octanol–water partition coefficient (Wildman–Crippen LogP) is 5.00. The lowest BCUT2D eigenvalue weighted by molar-refractivity contribution is -0.274. The molecule has 2 aromatic carbocycles. The average Bonchev–Trinajstić information content (AvgIpc) is 3.08. The Morgan fingerprint density at radius 2 is 1.88 bits per heavy atom. The molecule has 0 spiro atoms. The Bertz CT molecular complexity index is 1160. The summed E-state index contributed by atoms with van der Waals surface area (Å²) in [5, 5.41) is 13.4. The van der Waals surface area contributed by atoms with Gasteiger partial charge in [-0.05, 0) is 42.5 Å². The maximum absolute atomic E-state index is 13.0. The van der Waals surface area contributed by atoms with Crippen LogP contribution in [0.2, 0.25) is 5.02 Å². The van der Waals surface area contributed by atoms with E-state index in [2.05, 4.69) is 10.1 Å². The lowest BCUT2D eigenvalue weighted by atomic mass is 9.95. The number of alkyl halides is 3. The van der Waals surface area contributed by atoms with Crippen LogP contribution in [0.1, 0.15) is 29.9 Å². The van der Waals surface area contributed by atoms with Gasteiger partial charge in [-0.2, -0.15) is 0 Å². The lowest BCUT2D eigenvalue weighted by Gasteiger charge is -2.22. The summed E-state index contributed by atoms with van der Waals surface area (Å²) >= 11 is 6.11. The molecule has 10 heteroatoms. The number of fused-ring (bicyclic) bond motifs is 1. The van der Waals surface area contributed by atoms with E-state index < -0.39 is 23.4 Å². The number of aliphatic hydroxyl groups excluding tert-OH is 1. The minimum atomic E-state index is -4.84. The van der Waals surface area contributed by atoms with E-state index in [1.54, 1.807) is 42.7 Å². The van der Waals surface area contributed by atoms with Gasteiger partial charge in [0.25, 0.3) is 5.91 Å². The number of nitrogens with zero attached hydrogens (tertiary/aromatic N) is 1. The van der Waals surface area contributed by atoms with Gasteiger partial charge in [-0.1, -0.05) is 25.4 Å². The topological polar surface area (TPSA) is 72.7 Å². The molecule has 3 aromatic rings. The highest BCUT2D eigenvalue weighted by Crippen LogP contribution is 2.31. The summed E-state index contributed by atoms with van der Waals surface area (Å²) in [6.45, 7) is 3.76. The summed E-state index contributed by atoms with van der Waals surface area (Å²) in [6, 6.07) is 10.5. The van der Waals surface area contributed by atoms with Gasteiger partial charge in [-0.3, -0.25) is 4.79 Å².